The molecule has 7 heteroatoms. The molecule has 0 aliphatic heterocycles. The molecule has 0 atom stereocenters. The molecule has 0 unspecified atom stereocenters. The third-order valence-corrected chi connectivity index (χ3v) is 5.43. The molecule has 3 rings (SSSR count). The Bertz CT molecular complexity index is 852. The van der Waals surface area contributed by atoms with Gasteiger partial charge in [0, 0.05) is 17.7 Å². The van der Waals surface area contributed by atoms with Gasteiger partial charge in [0.1, 0.15) is 22.3 Å². The van der Waals surface area contributed by atoms with Crippen molar-refractivity contribution in [3.63, 3.8) is 0 Å². The summed E-state index contributed by atoms with van der Waals surface area (Å²) < 4.78 is 56.8. The zero-order valence-corrected chi connectivity index (χ0v) is 13.7. The molecule has 1 heterocycles. The van der Waals surface area contributed by atoms with E-state index in [1.165, 1.54) is 0 Å². The number of hydrogen-bond acceptors (Lipinski definition) is 4. The minimum absolute atomic E-state index is 0.00412. The Morgan fingerprint density at radius 2 is 1.83 bits per heavy atom. The smallest absolute Gasteiger partial charge is 0.178 e. The number of rotatable bonds is 3. The second-order valence-corrected chi connectivity index (χ2v) is 8.00. The van der Waals surface area contributed by atoms with Crippen molar-refractivity contribution in [2.24, 2.45) is 0 Å². The van der Waals surface area contributed by atoms with Crippen molar-refractivity contribution in [2.45, 2.75) is 43.4 Å². The van der Waals surface area contributed by atoms with Gasteiger partial charge in [0.05, 0.1) is 11.3 Å². The van der Waals surface area contributed by atoms with Crippen LogP contribution in [-0.2, 0) is 9.84 Å². The van der Waals surface area contributed by atoms with E-state index in [0.717, 1.165) is 44.1 Å². The fraction of sp³-hybridized carbons (Fsp3) is 0.438. The first-order valence-electron chi connectivity index (χ1n) is 7.44. The maximum atomic E-state index is 14.5. The normalized spacial score (nSPS) is 16.2. The number of halogens is 2. The molecule has 1 aliphatic carbocycles. The predicted octanol–water partition coefficient (Wildman–Crippen LogP) is 3.99. The Balaban J connectivity index is 2.16. The number of nitrogens with zero attached hydrogens (tertiary/aromatic N) is 1. The molecule has 0 bridgehead atoms. The van der Waals surface area contributed by atoms with Crippen molar-refractivity contribution in [2.75, 3.05) is 6.26 Å². The van der Waals surface area contributed by atoms with Crippen LogP contribution in [0.25, 0.3) is 11.1 Å². The van der Waals surface area contributed by atoms with E-state index in [-0.39, 0.29) is 11.5 Å². The van der Waals surface area contributed by atoms with Crippen molar-refractivity contribution in [3.8, 4) is 11.1 Å². The van der Waals surface area contributed by atoms with Gasteiger partial charge in [-0.3, -0.25) is 0 Å². The molecular weight excluding hydrogens is 324 g/mol. The molecule has 0 amide bonds. The second-order valence-electron chi connectivity index (χ2n) is 6.02. The van der Waals surface area contributed by atoms with Gasteiger partial charge in [-0.25, -0.2) is 17.2 Å². The van der Waals surface area contributed by atoms with E-state index in [4.69, 9.17) is 4.52 Å². The average Bonchev–Trinajstić information content (AvgIpc) is 3.09. The lowest BCUT2D eigenvalue weighted by atomic mass is 9.94. The number of sulfone groups is 1. The Morgan fingerprint density at radius 3 is 2.43 bits per heavy atom. The van der Waals surface area contributed by atoms with Crippen molar-refractivity contribution in [3.05, 3.63) is 35.2 Å². The monoisotopic (exact) mass is 341 g/mol. The van der Waals surface area contributed by atoms with Crippen molar-refractivity contribution in [1.82, 2.24) is 5.16 Å². The molecule has 1 aromatic carbocycles. The molecule has 23 heavy (non-hydrogen) atoms. The molecule has 2 aromatic rings. The van der Waals surface area contributed by atoms with Crippen LogP contribution in [0, 0.1) is 18.6 Å². The summed E-state index contributed by atoms with van der Waals surface area (Å²) in [7, 11) is -3.83. The molecule has 1 aromatic heterocycles. The van der Waals surface area contributed by atoms with Crippen LogP contribution in [-0.4, -0.2) is 19.8 Å². The van der Waals surface area contributed by atoms with Gasteiger partial charge in [-0.2, -0.15) is 0 Å². The van der Waals surface area contributed by atoms with E-state index in [9.17, 15) is 17.2 Å². The minimum atomic E-state index is -3.83. The molecule has 124 valence electrons. The topological polar surface area (TPSA) is 60.2 Å². The summed E-state index contributed by atoms with van der Waals surface area (Å²) in [6, 6.07) is 1.65. The summed E-state index contributed by atoms with van der Waals surface area (Å²) in [5.41, 5.74) is 1.06. The van der Waals surface area contributed by atoms with Gasteiger partial charge in [0.15, 0.2) is 9.84 Å². The highest BCUT2D eigenvalue weighted by molar-refractivity contribution is 7.90. The highest BCUT2D eigenvalue weighted by atomic mass is 32.2. The molecule has 0 spiro atoms. The van der Waals surface area contributed by atoms with E-state index < -0.39 is 26.4 Å². The Labute approximate surface area is 133 Å². The Morgan fingerprint density at radius 1 is 1.17 bits per heavy atom. The fourth-order valence-electron chi connectivity index (χ4n) is 3.20. The number of aryl methyl sites for hydroxylation is 1. The van der Waals surface area contributed by atoms with E-state index >= 15 is 0 Å². The molecule has 0 radical (unpaired) electrons. The summed E-state index contributed by atoms with van der Waals surface area (Å²) in [6.45, 7) is 1.64. The second kappa shape index (κ2) is 5.70. The molecule has 1 saturated carbocycles. The Hall–Kier alpha value is -1.76. The third kappa shape index (κ3) is 2.89. The molecule has 4 nitrogen and oxygen atoms in total. The van der Waals surface area contributed by atoms with Gasteiger partial charge >= 0.3 is 0 Å². The first-order valence-corrected chi connectivity index (χ1v) is 9.34. The van der Waals surface area contributed by atoms with Gasteiger partial charge in [-0.1, -0.05) is 18.0 Å². The van der Waals surface area contributed by atoms with Crippen LogP contribution in [0.2, 0.25) is 0 Å². The highest BCUT2D eigenvalue weighted by Crippen LogP contribution is 2.41. The van der Waals surface area contributed by atoms with E-state index in [1.54, 1.807) is 6.92 Å². The van der Waals surface area contributed by atoms with Crippen LogP contribution < -0.4 is 0 Å². The van der Waals surface area contributed by atoms with Crippen LogP contribution in [0.5, 0.6) is 0 Å². The molecule has 0 N–H and O–H groups in total. The number of hydrogen-bond donors (Lipinski definition) is 0. The quantitative estimate of drug-likeness (QED) is 0.847. The lowest BCUT2D eigenvalue weighted by Crippen LogP contribution is -2.04. The first-order chi connectivity index (χ1) is 10.8. The van der Waals surface area contributed by atoms with Crippen LogP contribution >= 0.6 is 0 Å². The molecule has 1 fully saturated rings. The minimum Gasteiger partial charge on any atom is -0.361 e. The van der Waals surface area contributed by atoms with Gasteiger partial charge in [0.25, 0.3) is 0 Å². The highest BCUT2D eigenvalue weighted by Gasteiger charge is 2.28. The average molecular weight is 341 g/mol. The molecule has 0 saturated heterocycles. The summed E-state index contributed by atoms with van der Waals surface area (Å²) in [5.74, 6) is -1.20. The maximum Gasteiger partial charge on any atom is 0.178 e. The lowest BCUT2D eigenvalue weighted by Gasteiger charge is -2.11. The molecular formula is C16H17F2NO3S. The first kappa shape index (κ1) is 16.1. The predicted molar refractivity (Wildman–Crippen MR) is 80.9 cm³/mol. The van der Waals surface area contributed by atoms with E-state index in [2.05, 4.69) is 5.16 Å². The lowest BCUT2D eigenvalue weighted by molar-refractivity contribution is 0.385. The van der Waals surface area contributed by atoms with Crippen LogP contribution in [0.4, 0.5) is 8.78 Å². The number of aromatic nitrogens is 1. The van der Waals surface area contributed by atoms with Gasteiger partial charge in [0.2, 0.25) is 0 Å². The summed E-state index contributed by atoms with van der Waals surface area (Å²) in [4.78, 5) is -0.643. The zero-order chi connectivity index (χ0) is 16.8. The summed E-state index contributed by atoms with van der Waals surface area (Å²) >= 11 is 0. The Kier molecular flexibility index (Phi) is 4.00. The largest absolute Gasteiger partial charge is 0.361 e. The van der Waals surface area contributed by atoms with Gasteiger partial charge in [-0.15, -0.1) is 0 Å². The zero-order valence-electron chi connectivity index (χ0n) is 12.9. The standard InChI is InChI=1S/C16H17F2NO3S/c1-9-15(16(19-22-9)10-5-3-4-6-10)11-7-13(18)14(8-12(11)17)23(2,20)21/h7-8,10H,3-6H2,1-2H3. The van der Waals surface area contributed by atoms with Crippen LogP contribution in [0.1, 0.15) is 43.1 Å². The van der Waals surface area contributed by atoms with E-state index in [0.29, 0.717) is 17.0 Å². The van der Waals surface area contributed by atoms with Crippen molar-refractivity contribution < 1.29 is 21.7 Å². The number of benzene rings is 1. The summed E-state index contributed by atoms with van der Waals surface area (Å²) in [5, 5.41) is 4.03. The van der Waals surface area contributed by atoms with Crippen LogP contribution in [0.3, 0.4) is 0 Å². The fourth-order valence-corrected chi connectivity index (χ4v) is 3.93. The van der Waals surface area contributed by atoms with Crippen molar-refractivity contribution in [1.29, 1.82) is 0 Å². The van der Waals surface area contributed by atoms with Gasteiger partial charge in [-0.05, 0) is 31.9 Å². The van der Waals surface area contributed by atoms with Crippen LogP contribution in [0.15, 0.2) is 21.6 Å². The summed E-state index contributed by atoms with van der Waals surface area (Å²) in [6.07, 6.45) is 4.86. The SMILES string of the molecule is Cc1onc(C2CCCC2)c1-c1cc(F)c(S(C)(=O)=O)cc1F. The van der Waals surface area contributed by atoms with Gasteiger partial charge < -0.3 is 4.52 Å². The third-order valence-electron chi connectivity index (χ3n) is 4.32. The van der Waals surface area contributed by atoms with E-state index in [1.807, 2.05) is 0 Å². The van der Waals surface area contributed by atoms with Crippen molar-refractivity contribution >= 4 is 9.84 Å². The molecule has 1 aliphatic rings. The maximum absolute atomic E-state index is 14.5.